The van der Waals surface area contributed by atoms with Crippen LogP contribution in [-0.2, 0) is 4.79 Å². The van der Waals surface area contributed by atoms with Crippen LogP contribution >= 0.6 is 0 Å². The molecule has 2 unspecified atom stereocenters. The van der Waals surface area contributed by atoms with Gasteiger partial charge in [0.05, 0.1) is 0 Å². The standard InChI is InChI=1S/C14H14O/c15-9-13-11-6-7-12(8-11)14(13)10-4-2-1-3-5-10/h1-7,9,11-14H,8H2/t11-,12?,13-,14?/m0/s1. The van der Waals surface area contributed by atoms with E-state index >= 15 is 0 Å². The highest BCUT2D eigenvalue weighted by molar-refractivity contribution is 5.59. The highest BCUT2D eigenvalue weighted by Gasteiger charge is 2.44. The Morgan fingerprint density at radius 1 is 1.07 bits per heavy atom. The summed E-state index contributed by atoms with van der Waals surface area (Å²) in [5.41, 5.74) is 1.33. The number of fused-ring (bicyclic) bond motifs is 2. The van der Waals surface area contributed by atoms with Gasteiger partial charge in [-0.3, -0.25) is 0 Å². The SMILES string of the molecule is O=C[C@@H]1C(c2ccccc2)C2C=C[C@H]1C2. The first-order valence-electron chi connectivity index (χ1n) is 5.58. The van der Waals surface area contributed by atoms with Crippen LogP contribution in [0.1, 0.15) is 17.9 Å². The molecule has 0 saturated heterocycles. The van der Waals surface area contributed by atoms with E-state index in [4.69, 9.17) is 0 Å². The number of rotatable bonds is 2. The molecule has 1 heteroatoms. The molecule has 2 aliphatic rings. The Bertz CT molecular complexity index is 393. The van der Waals surface area contributed by atoms with E-state index in [1.165, 1.54) is 12.0 Å². The van der Waals surface area contributed by atoms with Crippen molar-refractivity contribution < 1.29 is 4.79 Å². The van der Waals surface area contributed by atoms with Crippen molar-refractivity contribution in [3.8, 4) is 0 Å². The summed E-state index contributed by atoms with van der Waals surface area (Å²) in [6.07, 6.45) is 6.85. The first-order valence-corrected chi connectivity index (χ1v) is 5.58. The van der Waals surface area contributed by atoms with Crippen molar-refractivity contribution in [3.63, 3.8) is 0 Å². The fourth-order valence-corrected chi connectivity index (χ4v) is 3.19. The molecule has 1 aromatic rings. The molecule has 2 bridgehead atoms. The van der Waals surface area contributed by atoms with E-state index in [0.717, 1.165) is 6.29 Å². The van der Waals surface area contributed by atoms with Gasteiger partial charge in [-0.2, -0.15) is 0 Å². The van der Waals surface area contributed by atoms with Crippen LogP contribution in [-0.4, -0.2) is 6.29 Å². The third kappa shape index (κ3) is 1.26. The second-order valence-corrected chi connectivity index (χ2v) is 4.60. The maximum absolute atomic E-state index is 11.1. The van der Waals surface area contributed by atoms with Gasteiger partial charge >= 0.3 is 0 Å². The molecule has 3 rings (SSSR count). The molecular weight excluding hydrogens is 184 g/mol. The van der Waals surface area contributed by atoms with Gasteiger partial charge in [-0.15, -0.1) is 0 Å². The van der Waals surface area contributed by atoms with Crippen molar-refractivity contribution >= 4 is 6.29 Å². The summed E-state index contributed by atoms with van der Waals surface area (Å²) in [6.45, 7) is 0. The molecule has 4 atom stereocenters. The average molecular weight is 198 g/mol. The fourth-order valence-electron chi connectivity index (χ4n) is 3.19. The normalized spacial score (nSPS) is 37.1. The fraction of sp³-hybridized carbons (Fsp3) is 0.357. The van der Waals surface area contributed by atoms with Crippen molar-refractivity contribution in [2.75, 3.05) is 0 Å². The van der Waals surface area contributed by atoms with Gasteiger partial charge in [0.2, 0.25) is 0 Å². The first kappa shape index (κ1) is 8.90. The molecule has 1 saturated carbocycles. The van der Waals surface area contributed by atoms with Crippen molar-refractivity contribution in [1.29, 1.82) is 0 Å². The van der Waals surface area contributed by atoms with Gasteiger partial charge in [-0.25, -0.2) is 0 Å². The van der Waals surface area contributed by atoms with Crippen LogP contribution in [0.3, 0.4) is 0 Å². The van der Waals surface area contributed by atoms with E-state index in [2.05, 4.69) is 36.4 Å². The Balaban J connectivity index is 1.99. The summed E-state index contributed by atoms with van der Waals surface area (Å²) in [5.74, 6) is 1.73. The molecule has 0 aromatic heterocycles. The van der Waals surface area contributed by atoms with E-state index in [1.807, 2.05) is 6.07 Å². The van der Waals surface area contributed by atoms with Crippen molar-refractivity contribution in [1.82, 2.24) is 0 Å². The van der Waals surface area contributed by atoms with Gasteiger partial charge in [0.25, 0.3) is 0 Å². The van der Waals surface area contributed by atoms with Crippen molar-refractivity contribution in [3.05, 3.63) is 48.0 Å². The Morgan fingerprint density at radius 2 is 1.80 bits per heavy atom. The summed E-state index contributed by atoms with van der Waals surface area (Å²) in [5, 5.41) is 0. The number of carbonyl (C=O) groups is 1. The van der Waals surface area contributed by atoms with Gasteiger partial charge in [0.1, 0.15) is 6.29 Å². The third-order valence-corrected chi connectivity index (χ3v) is 3.86. The monoisotopic (exact) mass is 198 g/mol. The zero-order valence-electron chi connectivity index (χ0n) is 8.54. The summed E-state index contributed by atoms with van der Waals surface area (Å²) in [7, 11) is 0. The predicted octanol–water partition coefficient (Wildman–Crippen LogP) is 2.79. The summed E-state index contributed by atoms with van der Waals surface area (Å²) < 4.78 is 0. The minimum absolute atomic E-state index is 0.211. The Kier molecular flexibility index (Phi) is 1.98. The summed E-state index contributed by atoms with van der Waals surface area (Å²) in [4.78, 5) is 11.1. The maximum Gasteiger partial charge on any atom is 0.124 e. The van der Waals surface area contributed by atoms with E-state index in [9.17, 15) is 4.79 Å². The lowest BCUT2D eigenvalue weighted by Crippen LogP contribution is -2.18. The van der Waals surface area contributed by atoms with Gasteiger partial charge in [0, 0.05) is 11.8 Å². The number of benzene rings is 1. The average Bonchev–Trinajstić information content (AvgIpc) is 2.89. The molecule has 1 nitrogen and oxygen atoms in total. The second-order valence-electron chi connectivity index (χ2n) is 4.60. The highest BCUT2D eigenvalue weighted by atomic mass is 16.1. The molecule has 0 spiro atoms. The Hall–Kier alpha value is -1.37. The first-order chi connectivity index (χ1) is 7.40. The van der Waals surface area contributed by atoms with Crippen molar-refractivity contribution in [2.24, 2.45) is 17.8 Å². The van der Waals surface area contributed by atoms with Gasteiger partial charge < -0.3 is 4.79 Å². The largest absolute Gasteiger partial charge is 0.303 e. The van der Waals surface area contributed by atoms with Crippen LogP contribution in [0, 0.1) is 17.8 Å². The molecule has 0 heterocycles. The molecule has 0 aliphatic heterocycles. The number of allylic oxidation sites excluding steroid dienone is 2. The van der Waals surface area contributed by atoms with Crippen LogP contribution in [0.4, 0.5) is 0 Å². The molecule has 76 valence electrons. The van der Waals surface area contributed by atoms with E-state index in [1.54, 1.807) is 0 Å². The third-order valence-electron chi connectivity index (χ3n) is 3.86. The molecule has 1 aromatic carbocycles. The lowest BCUT2D eigenvalue weighted by atomic mass is 9.79. The minimum Gasteiger partial charge on any atom is -0.303 e. The molecule has 0 N–H and O–H groups in total. The van der Waals surface area contributed by atoms with Crippen LogP contribution < -0.4 is 0 Å². The molecule has 15 heavy (non-hydrogen) atoms. The van der Waals surface area contributed by atoms with Crippen LogP contribution in [0.25, 0.3) is 0 Å². The van der Waals surface area contributed by atoms with E-state index < -0.39 is 0 Å². The van der Waals surface area contributed by atoms with Crippen LogP contribution in [0.15, 0.2) is 42.5 Å². The smallest absolute Gasteiger partial charge is 0.124 e. The maximum atomic E-state index is 11.1. The molecule has 1 fully saturated rings. The molecule has 0 amide bonds. The number of aldehydes is 1. The highest BCUT2D eigenvalue weighted by Crippen LogP contribution is 2.51. The minimum atomic E-state index is 0.211. The van der Waals surface area contributed by atoms with Crippen LogP contribution in [0.5, 0.6) is 0 Å². The Labute approximate surface area is 89.8 Å². The van der Waals surface area contributed by atoms with Crippen LogP contribution in [0.2, 0.25) is 0 Å². The number of carbonyl (C=O) groups excluding carboxylic acids is 1. The number of hydrogen-bond acceptors (Lipinski definition) is 1. The zero-order chi connectivity index (χ0) is 10.3. The van der Waals surface area contributed by atoms with E-state index in [-0.39, 0.29) is 5.92 Å². The second kappa shape index (κ2) is 3.34. The summed E-state index contributed by atoms with van der Waals surface area (Å²) in [6, 6.07) is 10.5. The number of hydrogen-bond donors (Lipinski definition) is 0. The van der Waals surface area contributed by atoms with E-state index in [0.29, 0.717) is 17.8 Å². The molecular formula is C14H14O. The zero-order valence-corrected chi connectivity index (χ0v) is 8.54. The molecule has 0 radical (unpaired) electrons. The Morgan fingerprint density at radius 3 is 2.53 bits per heavy atom. The van der Waals surface area contributed by atoms with Gasteiger partial charge in [-0.1, -0.05) is 42.5 Å². The lowest BCUT2D eigenvalue weighted by Gasteiger charge is -2.24. The molecule has 2 aliphatic carbocycles. The quantitative estimate of drug-likeness (QED) is 0.527. The lowest BCUT2D eigenvalue weighted by molar-refractivity contribution is -0.112. The summed E-state index contributed by atoms with van der Waals surface area (Å²) >= 11 is 0. The van der Waals surface area contributed by atoms with Gasteiger partial charge in [-0.05, 0) is 23.8 Å². The van der Waals surface area contributed by atoms with Crippen molar-refractivity contribution in [2.45, 2.75) is 12.3 Å². The van der Waals surface area contributed by atoms with Gasteiger partial charge in [0.15, 0.2) is 0 Å². The predicted molar refractivity (Wildman–Crippen MR) is 59.5 cm³/mol. The topological polar surface area (TPSA) is 17.1 Å².